The van der Waals surface area contributed by atoms with Gasteiger partial charge in [0.2, 0.25) is 5.95 Å². The number of alkyl halides is 1. The first-order chi connectivity index (χ1) is 13.6. The molecule has 8 nitrogen and oxygen atoms in total. The van der Waals surface area contributed by atoms with Crippen LogP contribution in [0.4, 0.5) is 21.0 Å². The van der Waals surface area contributed by atoms with Crippen LogP contribution >= 0.6 is 27.5 Å². The number of piperazine rings is 1. The second-order valence-corrected chi connectivity index (χ2v) is 8.67. The minimum absolute atomic E-state index is 0.157. The molecule has 1 aromatic heterocycles. The van der Waals surface area contributed by atoms with E-state index >= 15 is 0 Å². The molecule has 0 saturated carbocycles. The van der Waals surface area contributed by atoms with Gasteiger partial charge in [-0.2, -0.15) is 4.98 Å². The summed E-state index contributed by atoms with van der Waals surface area (Å²) >= 11 is 9.64. The molecule has 3 rings (SSSR count). The number of hydrogen-bond acceptors (Lipinski definition) is 6. The summed E-state index contributed by atoms with van der Waals surface area (Å²) in [6.45, 7) is 4.25. The van der Waals surface area contributed by atoms with Crippen LogP contribution in [-0.4, -0.2) is 75.7 Å². The number of rotatable bonds is 5. The van der Waals surface area contributed by atoms with Crippen molar-refractivity contribution in [3.8, 4) is 0 Å². The predicted octanol–water partition coefficient (Wildman–Crippen LogP) is 3.37. The molecule has 1 atom stereocenters. The number of aromatic nitrogens is 2. The van der Waals surface area contributed by atoms with Gasteiger partial charge in [-0.05, 0) is 41.9 Å². The van der Waals surface area contributed by atoms with E-state index < -0.39 is 17.9 Å². The monoisotopic (exact) mass is 489 g/mol. The number of halogens is 3. The Bertz CT molecular complexity index is 918. The minimum Gasteiger partial charge on any atom is -0.465 e. The van der Waals surface area contributed by atoms with Crippen LogP contribution in [0.1, 0.15) is 13.8 Å². The fourth-order valence-corrected chi connectivity index (χ4v) is 3.46. The van der Waals surface area contributed by atoms with Gasteiger partial charge in [-0.3, -0.25) is 0 Å². The average Bonchev–Trinajstić information content (AvgIpc) is 2.66. The van der Waals surface area contributed by atoms with E-state index in [4.69, 9.17) is 16.7 Å². The Morgan fingerprint density at radius 2 is 2.00 bits per heavy atom. The maximum Gasteiger partial charge on any atom is 0.407 e. The van der Waals surface area contributed by atoms with Gasteiger partial charge in [0.05, 0.1) is 22.7 Å². The van der Waals surface area contributed by atoms with E-state index in [1.165, 1.54) is 18.7 Å². The van der Waals surface area contributed by atoms with E-state index in [1.807, 2.05) is 4.90 Å². The quantitative estimate of drug-likeness (QED) is 0.591. The van der Waals surface area contributed by atoms with Gasteiger partial charge in [-0.1, -0.05) is 11.6 Å². The summed E-state index contributed by atoms with van der Waals surface area (Å²) in [5.74, 6) is 0.810. The largest absolute Gasteiger partial charge is 0.465 e. The van der Waals surface area contributed by atoms with Crippen LogP contribution in [0.5, 0.6) is 0 Å². The molecule has 3 N–H and O–H groups in total. The SMILES string of the molecule is CC(C)(O)[C@@H](F)CNc1nc(N2CCN(C(=O)O)CC2)c2cc(Cl)c(Br)cc2n1. The number of nitrogens with zero attached hydrogens (tertiary/aromatic N) is 4. The van der Waals surface area contributed by atoms with Gasteiger partial charge < -0.3 is 25.3 Å². The first-order valence-electron chi connectivity index (χ1n) is 9.06. The van der Waals surface area contributed by atoms with Gasteiger partial charge in [-0.25, -0.2) is 14.2 Å². The van der Waals surface area contributed by atoms with Crippen LogP contribution in [0.25, 0.3) is 10.9 Å². The average molecular weight is 491 g/mol. The number of anilines is 2. The second kappa shape index (κ2) is 8.45. The van der Waals surface area contributed by atoms with Crippen molar-refractivity contribution in [2.75, 3.05) is 42.9 Å². The van der Waals surface area contributed by atoms with E-state index in [1.54, 1.807) is 12.1 Å². The molecule has 1 aliphatic rings. The third kappa shape index (κ3) is 4.99. The van der Waals surface area contributed by atoms with Crippen molar-refractivity contribution in [1.82, 2.24) is 14.9 Å². The highest BCUT2D eigenvalue weighted by molar-refractivity contribution is 9.10. The van der Waals surface area contributed by atoms with Crippen molar-refractivity contribution < 1.29 is 19.4 Å². The minimum atomic E-state index is -1.51. The van der Waals surface area contributed by atoms with Crippen LogP contribution in [0.3, 0.4) is 0 Å². The Labute approximate surface area is 180 Å². The highest BCUT2D eigenvalue weighted by atomic mass is 79.9. The molecule has 0 unspecified atom stereocenters. The smallest absolute Gasteiger partial charge is 0.407 e. The van der Waals surface area contributed by atoms with Gasteiger partial charge >= 0.3 is 6.09 Å². The Hall–Kier alpha value is -1.91. The van der Waals surface area contributed by atoms with Crippen molar-refractivity contribution in [3.63, 3.8) is 0 Å². The van der Waals surface area contributed by atoms with Crippen molar-refractivity contribution in [3.05, 3.63) is 21.6 Å². The van der Waals surface area contributed by atoms with E-state index in [0.29, 0.717) is 52.4 Å². The Morgan fingerprint density at radius 3 is 2.59 bits per heavy atom. The molecule has 1 saturated heterocycles. The Morgan fingerprint density at radius 1 is 1.34 bits per heavy atom. The third-order valence-corrected chi connectivity index (χ3v) is 5.97. The number of hydrogen-bond donors (Lipinski definition) is 3. The number of fused-ring (bicyclic) bond motifs is 1. The van der Waals surface area contributed by atoms with E-state index in [2.05, 4.69) is 31.2 Å². The van der Waals surface area contributed by atoms with Crippen LogP contribution in [0.2, 0.25) is 5.02 Å². The molecule has 0 bridgehead atoms. The number of amides is 1. The van der Waals surface area contributed by atoms with Crippen molar-refractivity contribution in [2.45, 2.75) is 25.6 Å². The predicted molar refractivity (Wildman–Crippen MR) is 114 cm³/mol. The normalized spacial score (nSPS) is 16.2. The second-order valence-electron chi connectivity index (χ2n) is 7.41. The summed E-state index contributed by atoms with van der Waals surface area (Å²) in [7, 11) is 0. The van der Waals surface area contributed by atoms with Crippen LogP contribution < -0.4 is 10.2 Å². The molecule has 1 amide bonds. The molecule has 11 heteroatoms. The Kier molecular flexibility index (Phi) is 6.35. The summed E-state index contributed by atoms with van der Waals surface area (Å²) in [4.78, 5) is 23.5. The lowest BCUT2D eigenvalue weighted by atomic mass is 10.0. The maximum atomic E-state index is 14.1. The third-order valence-electron chi connectivity index (χ3n) is 4.77. The molecule has 1 aromatic carbocycles. The first kappa shape index (κ1) is 21.8. The van der Waals surface area contributed by atoms with E-state index in [0.717, 1.165) is 0 Å². The van der Waals surface area contributed by atoms with Gasteiger partial charge in [-0.15, -0.1) is 0 Å². The zero-order valence-electron chi connectivity index (χ0n) is 16.0. The van der Waals surface area contributed by atoms with Gasteiger partial charge in [0.15, 0.2) is 0 Å². The molecular formula is C18H22BrClFN5O3. The number of aliphatic hydroxyl groups is 1. The highest BCUT2D eigenvalue weighted by Crippen LogP contribution is 2.33. The summed E-state index contributed by atoms with van der Waals surface area (Å²) in [6, 6.07) is 3.50. The molecular weight excluding hydrogens is 469 g/mol. The van der Waals surface area contributed by atoms with E-state index in [-0.39, 0.29) is 12.5 Å². The fourth-order valence-electron chi connectivity index (χ4n) is 2.97. The van der Waals surface area contributed by atoms with Crippen molar-refractivity contribution in [2.24, 2.45) is 0 Å². The molecule has 0 spiro atoms. The lowest BCUT2D eigenvalue weighted by molar-refractivity contribution is 0.00318. The maximum absolute atomic E-state index is 14.1. The van der Waals surface area contributed by atoms with Crippen LogP contribution in [0, 0.1) is 0 Å². The number of benzene rings is 1. The molecule has 1 aliphatic heterocycles. The van der Waals surface area contributed by atoms with E-state index in [9.17, 15) is 14.3 Å². The molecule has 29 heavy (non-hydrogen) atoms. The summed E-state index contributed by atoms with van der Waals surface area (Å²) < 4.78 is 14.8. The number of carboxylic acid groups (broad SMARTS) is 1. The standard InChI is InChI=1S/C18H22BrClFN5O3/c1-18(2,29)14(21)9-22-16-23-13-8-11(19)12(20)7-10(13)15(24-16)25-3-5-26(6-4-25)17(27)28/h7-8,14,29H,3-6,9H2,1-2H3,(H,27,28)(H,22,23,24)/t14-/m0/s1. The van der Waals surface area contributed by atoms with Crippen LogP contribution in [0.15, 0.2) is 16.6 Å². The first-order valence-corrected chi connectivity index (χ1v) is 10.2. The van der Waals surface area contributed by atoms with Crippen molar-refractivity contribution >= 4 is 56.3 Å². The molecule has 2 heterocycles. The lowest BCUT2D eigenvalue weighted by Crippen LogP contribution is -2.48. The molecule has 158 valence electrons. The summed E-state index contributed by atoms with van der Waals surface area (Å²) in [6.07, 6.45) is -2.46. The molecule has 0 radical (unpaired) electrons. The van der Waals surface area contributed by atoms with Crippen molar-refractivity contribution in [1.29, 1.82) is 0 Å². The topological polar surface area (TPSA) is 102 Å². The molecule has 2 aromatic rings. The number of nitrogens with one attached hydrogen (secondary N) is 1. The van der Waals surface area contributed by atoms with Gasteiger partial charge in [0.1, 0.15) is 12.0 Å². The highest BCUT2D eigenvalue weighted by Gasteiger charge is 2.27. The van der Waals surface area contributed by atoms with Gasteiger partial charge in [0.25, 0.3) is 0 Å². The van der Waals surface area contributed by atoms with Gasteiger partial charge in [0, 0.05) is 36.0 Å². The lowest BCUT2D eigenvalue weighted by Gasteiger charge is -2.34. The molecule has 0 aliphatic carbocycles. The van der Waals surface area contributed by atoms with Crippen LogP contribution in [-0.2, 0) is 0 Å². The summed E-state index contributed by atoms with van der Waals surface area (Å²) in [5, 5.41) is 23.0. The summed E-state index contributed by atoms with van der Waals surface area (Å²) in [5.41, 5.74) is -0.885. The molecule has 1 fully saturated rings. The Balaban J connectivity index is 1.94. The fraction of sp³-hybridized carbons (Fsp3) is 0.500. The zero-order chi connectivity index (χ0) is 21.3. The number of carbonyl (C=O) groups is 1. The zero-order valence-corrected chi connectivity index (χ0v) is 18.3.